The monoisotopic (exact) mass is 381 g/mol. The number of hydrogen-bond donors (Lipinski definition) is 0. The second kappa shape index (κ2) is 6.33. The van der Waals surface area contributed by atoms with Crippen LogP contribution in [0.25, 0.3) is 28.6 Å². The van der Waals surface area contributed by atoms with Crippen molar-refractivity contribution in [1.82, 2.24) is 19.3 Å². The van der Waals surface area contributed by atoms with E-state index in [9.17, 15) is 14.8 Å². The minimum Gasteiger partial charge on any atom is -0.710 e. The van der Waals surface area contributed by atoms with Gasteiger partial charge in [0.25, 0.3) is 0 Å². The van der Waals surface area contributed by atoms with Crippen molar-refractivity contribution in [2.75, 3.05) is 0 Å². The molecule has 2 aliphatic heterocycles. The first-order chi connectivity index (χ1) is 13.0. The van der Waals surface area contributed by atoms with Crippen molar-refractivity contribution in [2.24, 2.45) is 7.05 Å². The van der Waals surface area contributed by atoms with Crippen LogP contribution in [0.4, 0.5) is 0 Å². The maximum Gasteiger partial charge on any atom is 0.359 e. The number of aromatic nitrogens is 5. The first-order valence-corrected chi connectivity index (χ1v) is 8.30. The molecular weight excluding hydrogens is 370 g/mol. The highest BCUT2D eigenvalue weighted by atomic mass is 35.5. The van der Waals surface area contributed by atoms with E-state index in [0.29, 0.717) is 21.0 Å². The summed E-state index contributed by atoms with van der Waals surface area (Å²) in [6.45, 7) is 0. The van der Waals surface area contributed by atoms with Crippen molar-refractivity contribution < 1.29 is 4.73 Å². The van der Waals surface area contributed by atoms with Gasteiger partial charge in [-0.1, -0.05) is 35.9 Å². The fourth-order valence-electron chi connectivity index (χ4n) is 2.83. The van der Waals surface area contributed by atoms with Gasteiger partial charge in [-0.05, 0) is 30.3 Å². The molecule has 0 spiro atoms. The van der Waals surface area contributed by atoms with Crippen molar-refractivity contribution in [2.45, 2.75) is 0 Å². The second-order valence-corrected chi connectivity index (χ2v) is 6.23. The maximum absolute atomic E-state index is 13.0. The Balaban J connectivity index is 2.10. The third-order valence-corrected chi connectivity index (χ3v) is 4.29. The van der Waals surface area contributed by atoms with Crippen molar-refractivity contribution >= 4 is 11.6 Å². The number of rotatable bonds is 2. The number of hydrogen-bond acceptors (Lipinski definition) is 5. The number of nitrogens with zero attached hydrogens (tertiary/aromatic N) is 5. The third-order valence-electron chi connectivity index (χ3n) is 4.05. The molecule has 27 heavy (non-hydrogen) atoms. The van der Waals surface area contributed by atoms with Gasteiger partial charge < -0.3 is 5.21 Å². The summed E-state index contributed by atoms with van der Waals surface area (Å²) in [5, 5.41) is 17.5. The lowest BCUT2D eigenvalue weighted by molar-refractivity contribution is -0.587. The molecule has 0 amide bonds. The maximum atomic E-state index is 13.0. The zero-order chi connectivity index (χ0) is 19.1. The van der Waals surface area contributed by atoms with Gasteiger partial charge in [0, 0.05) is 5.02 Å². The van der Waals surface area contributed by atoms with Gasteiger partial charge in [-0.15, -0.1) is 0 Å². The Kier molecular flexibility index (Phi) is 3.97. The first-order valence-electron chi connectivity index (χ1n) is 7.92. The highest BCUT2D eigenvalue weighted by molar-refractivity contribution is 6.30. The zero-order valence-corrected chi connectivity index (χ0v) is 14.8. The molecule has 0 saturated heterocycles. The lowest BCUT2D eigenvalue weighted by Crippen LogP contribution is -2.47. The highest BCUT2D eigenvalue weighted by Crippen LogP contribution is 2.20. The average molecular weight is 382 g/mol. The van der Waals surface area contributed by atoms with Crippen molar-refractivity contribution in [1.29, 1.82) is 0 Å². The molecule has 0 radical (unpaired) electrons. The molecule has 0 N–H and O–H groups in total. The Morgan fingerprint density at radius 2 is 1.81 bits per heavy atom. The van der Waals surface area contributed by atoms with E-state index < -0.39 is 11.2 Å². The van der Waals surface area contributed by atoms with Crippen LogP contribution in [0, 0.1) is 5.21 Å². The second-order valence-electron chi connectivity index (χ2n) is 5.79. The van der Waals surface area contributed by atoms with Crippen LogP contribution in [-0.4, -0.2) is 19.3 Å². The summed E-state index contributed by atoms with van der Waals surface area (Å²) in [6, 6.07) is 14.8. The molecule has 0 fully saturated rings. The molecule has 9 heteroatoms. The van der Waals surface area contributed by atoms with Gasteiger partial charge in [0.15, 0.2) is 0 Å². The predicted octanol–water partition coefficient (Wildman–Crippen LogP) is 1.38. The van der Waals surface area contributed by atoms with Gasteiger partial charge in [-0.25, -0.2) is 14.1 Å². The van der Waals surface area contributed by atoms with E-state index in [1.165, 1.54) is 11.7 Å². The molecule has 0 unspecified atom stereocenters. The van der Waals surface area contributed by atoms with Crippen molar-refractivity contribution in [3.63, 3.8) is 0 Å². The molecule has 0 aromatic heterocycles. The van der Waals surface area contributed by atoms with E-state index in [0.717, 1.165) is 4.57 Å². The molecule has 134 valence electrons. The average Bonchev–Trinajstić information content (AvgIpc) is 2.65. The van der Waals surface area contributed by atoms with E-state index >= 15 is 0 Å². The Labute approximate surface area is 157 Å². The molecular formula is C18H12ClN5O3. The van der Waals surface area contributed by atoms with E-state index in [-0.39, 0.29) is 17.3 Å². The molecule has 0 aliphatic carbocycles. The van der Waals surface area contributed by atoms with Crippen LogP contribution in [0.15, 0.2) is 64.2 Å². The third kappa shape index (κ3) is 2.76. The van der Waals surface area contributed by atoms with Crippen LogP contribution in [0.5, 0.6) is 0 Å². The summed E-state index contributed by atoms with van der Waals surface area (Å²) in [5.74, 6) is -0.123. The molecule has 4 rings (SSSR count). The summed E-state index contributed by atoms with van der Waals surface area (Å²) >= 11 is 6.00. The van der Waals surface area contributed by atoms with Crippen LogP contribution in [0.1, 0.15) is 0 Å². The predicted molar refractivity (Wildman–Crippen MR) is 98.9 cm³/mol. The standard InChI is InChI=1S/C18H12ClN5O3/c1-22-16-14(24(27)15(21-22)11-6-5-7-12(19)10-11)17(25)23(18(26)20-16)13-8-3-2-4-9-13/h2-10H,1H3. The number of fused-ring (bicyclic) bond motifs is 1. The SMILES string of the molecule is Cn1nc(-c2cccc(Cl)c2)[n+]([O-])c2c(=O)n(-c3ccccc3)c(=O)nc1-2. The van der Waals surface area contributed by atoms with Crippen LogP contribution in [0.3, 0.4) is 0 Å². The molecule has 2 aromatic rings. The summed E-state index contributed by atoms with van der Waals surface area (Å²) < 4.78 is 2.48. The molecule has 2 aromatic carbocycles. The normalized spacial score (nSPS) is 11.0. The van der Waals surface area contributed by atoms with Gasteiger partial charge in [-0.2, -0.15) is 9.67 Å². The van der Waals surface area contributed by atoms with Gasteiger partial charge in [0.1, 0.15) is 0 Å². The summed E-state index contributed by atoms with van der Waals surface area (Å²) in [4.78, 5) is 29.3. The molecule has 0 bridgehead atoms. The smallest absolute Gasteiger partial charge is 0.359 e. The van der Waals surface area contributed by atoms with E-state index in [4.69, 9.17) is 11.6 Å². The molecule has 2 aliphatic rings. The van der Waals surface area contributed by atoms with Crippen molar-refractivity contribution in [3.8, 4) is 28.6 Å². The van der Waals surface area contributed by atoms with Gasteiger partial charge in [0.2, 0.25) is 11.5 Å². The topological polar surface area (TPSA) is 96.7 Å². The zero-order valence-electron chi connectivity index (χ0n) is 14.0. The molecule has 8 nitrogen and oxygen atoms in total. The number of halogens is 1. The Morgan fingerprint density at radius 3 is 2.52 bits per heavy atom. The molecule has 0 atom stereocenters. The highest BCUT2D eigenvalue weighted by Gasteiger charge is 2.29. The minimum absolute atomic E-state index is 0.0235. The fourth-order valence-corrected chi connectivity index (χ4v) is 3.02. The Bertz CT molecular complexity index is 1250. The fraction of sp³-hybridized carbons (Fsp3) is 0.0556. The van der Waals surface area contributed by atoms with E-state index in [2.05, 4.69) is 10.1 Å². The van der Waals surface area contributed by atoms with Gasteiger partial charge in [-0.3, -0.25) is 4.79 Å². The largest absolute Gasteiger partial charge is 0.710 e. The molecule has 2 heterocycles. The Hall–Kier alpha value is -3.52. The first kappa shape index (κ1) is 16.9. The Morgan fingerprint density at radius 1 is 1.07 bits per heavy atom. The van der Waals surface area contributed by atoms with Crippen molar-refractivity contribution in [3.05, 3.63) is 85.7 Å². The van der Waals surface area contributed by atoms with Crippen LogP contribution < -0.4 is 16.0 Å². The van der Waals surface area contributed by atoms with Crippen LogP contribution in [0.2, 0.25) is 5.02 Å². The quantitative estimate of drug-likeness (QED) is 0.386. The van der Waals surface area contributed by atoms with E-state index in [1.807, 2.05) is 0 Å². The lowest BCUT2D eigenvalue weighted by atomic mass is 10.2. The number of para-hydroxylation sites is 1. The van der Waals surface area contributed by atoms with Crippen LogP contribution >= 0.6 is 11.6 Å². The summed E-state index contributed by atoms with van der Waals surface area (Å²) in [5.41, 5.74) is -1.08. The number of benzene rings is 2. The summed E-state index contributed by atoms with van der Waals surface area (Å²) in [7, 11) is 1.51. The summed E-state index contributed by atoms with van der Waals surface area (Å²) in [6.07, 6.45) is 0. The minimum atomic E-state index is -0.786. The number of aryl methyl sites for hydroxylation is 1. The van der Waals surface area contributed by atoms with Gasteiger partial charge in [0.05, 0.1) is 23.4 Å². The van der Waals surface area contributed by atoms with Gasteiger partial charge >= 0.3 is 17.1 Å². The van der Waals surface area contributed by atoms with Crippen LogP contribution in [-0.2, 0) is 7.05 Å². The van der Waals surface area contributed by atoms with E-state index in [1.54, 1.807) is 54.6 Å². The molecule has 0 saturated carbocycles. The lowest BCUT2D eigenvalue weighted by Gasteiger charge is -2.15.